The van der Waals surface area contributed by atoms with Gasteiger partial charge in [0.05, 0.1) is 17.3 Å². The second-order valence-electron chi connectivity index (χ2n) is 4.14. The molecule has 0 unspecified atom stereocenters. The third kappa shape index (κ3) is 3.89. The van der Waals surface area contributed by atoms with Gasteiger partial charge in [-0.25, -0.2) is 13.4 Å². The van der Waals surface area contributed by atoms with E-state index < -0.39 is 10.0 Å². The smallest absolute Gasteiger partial charge is 0.263 e. The lowest BCUT2D eigenvalue weighted by Crippen LogP contribution is -2.14. The van der Waals surface area contributed by atoms with E-state index in [9.17, 15) is 13.2 Å². The first-order chi connectivity index (χ1) is 9.87. The number of nitrogen functional groups attached to an aromatic ring is 1. The molecule has 0 radical (unpaired) electrons. The number of nitrogens with one attached hydrogen (secondary N) is 2. The SMILES string of the molecule is CC(=O)Nc1ccc(S(=O)(=O)Nc2cncc(N)n2)cc1. The highest BCUT2D eigenvalue weighted by Crippen LogP contribution is 2.17. The van der Waals surface area contributed by atoms with Crippen LogP contribution in [0.2, 0.25) is 0 Å². The molecule has 1 heterocycles. The van der Waals surface area contributed by atoms with Crippen molar-refractivity contribution in [3.8, 4) is 0 Å². The summed E-state index contributed by atoms with van der Waals surface area (Å²) in [7, 11) is -3.80. The van der Waals surface area contributed by atoms with Crippen molar-refractivity contribution in [3.63, 3.8) is 0 Å². The van der Waals surface area contributed by atoms with Gasteiger partial charge in [-0.2, -0.15) is 0 Å². The minimum Gasteiger partial charge on any atom is -0.382 e. The Morgan fingerprint density at radius 1 is 1.19 bits per heavy atom. The Kier molecular flexibility index (Phi) is 4.03. The van der Waals surface area contributed by atoms with Crippen LogP contribution in [0, 0.1) is 0 Å². The summed E-state index contributed by atoms with van der Waals surface area (Å²) in [5.41, 5.74) is 5.94. The normalized spacial score (nSPS) is 10.9. The average Bonchev–Trinajstić information content (AvgIpc) is 2.38. The van der Waals surface area contributed by atoms with E-state index in [2.05, 4.69) is 20.0 Å². The van der Waals surface area contributed by atoms with Crippen LogP contribution in [-0.4, -0.2) is 24.3 Å². The van der Waals surface area contributed by atoms with Crippen molar-refractivity contribution in [3.05, 3.63) is 36.7 Å². The van der Waals surface area contributed by atoms with Crippen LogP contribution in [0.1, 0.15) is 6.92 Å². The summed E-state index contributed by atoms with van der Waals surface area (Å²) < 4.78 is 26.5. The van der Waals surface area contributed by atoms with Crippen LogP contribution in [0.15, 0.2) is 41.6 Å². The van der Waals surface area contributed by atoms with Crippen molar-refractivity contribution >= 4 is 33.3 Å². The molecule has 0 aliphatic heterocycles. The molecule has 2 aromatic rings. The van der Waals surface area contributed by atoms with Crippen molar-refractivity contribution in [2.45, 2.75) is 11.8 Å². The van der Waals surface area contributed by atoms with Gasteiger partial charge in [-0.05, 0) is 24.3 Å². The summed E-state index contributed by atoms with van der Waals surface area (Å²) in [5.74, 6) is -0.101. The van der Waals surface area contributed by atoms with E-state index in [-0.39, 0.29) is 22.4 Å². The lowest BCUT2D eigenvalue weighted by Gasteiger charge is -2.08. The Balaban J connectivity index is 2.21. The molecule has 0 saturated carbocycles. The van der Waals surface area contributed by atoms with Gasteiger partial charge in [-0.15, -0.1) is 0 Å². The quantitative estimate of drug-likeness (QED) is 0.767. The minimum atomic E-state index is -3.80. The standard InChI is InChI=1S/C12H13N5O3S/c1-8(18)15-9-2-4-10(5-3-9)21(19,20)17-12-7-14-6-11(13)16-12/h2-7H,1H3,(H,15,18)(H3,13,16,17). The molecule has 0 aliphatic carbocycles. The summed E-state index contributed by atoms with van der Waals surface area (Å²) in [5, 5.41) is 2.55. The average molecular weight is 307 g/mol. The number of anilines is 3. The first-order valence-corrected chi connectivity index (χ1v) is 7.33. The molecular weight excluding hydrogens is 294 g/mol. The number of amides is 1. The van der Waals surface area contributed by atoms with Crippen LogP contribution in [0.25, 0.3) is 0 Å². The monoisotopic (exact) mass is 307 g/mol. The van der Waals surface area contributed by atoms with Crippen LogP contribution in [0.4, 0.5) is 17.3 Å². The highest BCUT2D eigenvalue weighted by atomic mass is 32.2. The number of nitrogens with two attached hydrogens (primary N) is 1. The predicted octanol–water partition coefficient (Wildman–Crippen LogP) is 0.818. The molecule has 1 amide bonds. The Morgan fingerprint density at radius 3 is 2.43 bits per heavy atom. The summed E-state index contributed by atoms with van der Waals surface area (Å²) in [6.45, 7) is 1.37. The molecule has 2 rings (SSSR count). The Morgan fingerprint density at radius 2 is 1.86 bits per heavy atom. The van der Waals surface area contributed by atoms with E-state index in [1.165, 1.54) is 43.6 Å². The molecule has 0 aliphatic rings. The highest BCUT2D eigenvalue weighted by Gasteiger charge is 2.15. The number of rotatable bonds is 4. The van der Waals surface area contributed by atoms with E-state index in [4.69, 9.17) is 5.73 Å². The molecule has 21 heavy (non-hydrogen) atoms. The molecule has 0 bridgehead atoms. The maximum Gasteiger partial charge on any atom is 0.263 e. The molecule has 0 spiro atoms. The zero-order valence-electron chi connectivity index (χ0n) is 11.1. The first kappa shape index (κ1) is 14.7. The Labute approximate surface area is 121 Å². The van der Waals surface area contributed by atoms with Crippen LogP contribution in [0.5, 0.6) is 0 Å². The third-order valence-electron chi connectivity index (χ3n) is 2.38. The van der Waals surface area contributed by atoms with Crippen LogP contribution >= 0.6 is 0 Å². The molecule has 4 N–H and O–H groups in total. The summed E-state index contributed by atoms with van der Waals surface area (Å²) >= 11 is 0. The number of hydrogen-bond donors (Lipinski definition) is 3. The lowest BCUT2D eigenvalue weighted by atomic mass is 10.3. The molecule has 8 nitrogen and oxygen atoms in total. The van der Waals surface area contributed by atoms with Gasteiger partial charge < -0.3 is 11.1 Å². The van der Waals surface area contributed by atoms with Gasteiger partial charge in [0.1, 0.15) is 5.82 Å². The van der Waals surface area contributed by atoms with Crippen molar-refractivity contribution in [1.82, 2.24) is 9.97 Å². The van der Waals surface area contributed by atoms with Crippen LogP contribution in [0.3, 0.4) is 0 Å². The number of aromatic nitrogens is 2. The maximum absolute atomic E-state index is 12.1. The zero-order valence-corrected chi connectivity index (χ0v) is 11.9. The second-order valence-corrected chi connectivity index (χ2v) is 5.82. The molecule has 110 valence electrons. The fourth-order valence-electron chi connectivity index (χ4n) is 1.55. The van der Waals surface area contributed by atoms with Gasteiger partial charge in [-0.3, -0.25) is 14.5 Å². The summed E-state index contributed by atoms with van der Waals surface area (Å²) in [6.07, 6.45) is 2.56. The number of benzene rings is 1. The molecule has 1 aromatic heterocycles. The number of sulfonamides is 1. The van der Waals surface area contributed by atoms with Crippen molar-refractivity contribution in [1.29, 1.82) is 0 Å². The highest BCUT2D eigenvalue weighted by molar-refractivity contribution is 7.92. The largest absolute Gasteiger partial charge is 0.382 e. The predicted molar refractivity (Wildman–Crippen MR) is 78.0 cm³/mol. The molecule has 0 saturated heterocycles. The van der Waals surface area contributed by atoms with Crippen molar-refractivity contribution < 1.29 is 13.2 Å². The zero-order chi connectivity index (χ0) is 15.5. The van der Waals surface area contributed by atoms with Gasteiger partial charge in [0.25, 0.3) is 10.0 Å². The fraction of sp³-hybridized carbons (Fsp3) is 0.0833. The van der Waals surface area contributed by atoms with Gasteiger partial charge in [0, 0.05) is 12.6 Å². The molecule has 9 heteroatoms. The molecule has 0 fully saturated rings. The maximum atomic E-state index is 12.1. The van der Waals surface area contributed by atoms with E-state index in [0.717, 1.165) is 0 Å². The summed E-state index contributed by atoms with van der Waals surface area (Å²) in [6, 6.07) is 5.71. The van der Waals surface area contributed by atoms with E-state index in [1.54, 1.807) is 0 Å². The number of hydrogen-bond acceptors (Lipinski definition) is 6. The van der Waals surface area contributed by atoms with E-state index in [1.807, 2.05) is 0 Å². The summed E-state index contributed by atoms with van der Waals surface area (Å²) in [4.78, 5) is 18.5. The van der Waals surface area contributed by atoms with E-state index >= 15 is 0 Å². The molecule has 1 aromatic carbocycles. The lowest BCUT2D eigenvalue weighted by molar-refractivity contribution is -0.114. The fourth-order valence-corrected chi connectivity index (χ4v) is 2.53. The van der Waals surface area contributed by atoms with Crippen molar-refractivity contribution in [2.24, 2.45) is 0 Å². The Hall–Kier alpha value is -2.68. The van der Waals surface area contributed by atoms with Crippen LogP contribution in [-0.2, 0) is 14.8 Å². The molecular formula is C12H13N5O3S. The van der Waals surface area contributed by atoms with Gasteiger partial charge in [0.2, 0.25) is 5.91 Å². The topological polar surface area (TPSA) is 127 Å². The minimum absolute atomic E-state index is 0.0285. The third-order valence-corrected chi connectivity index (χ3v) is 3.75. The number of carbonyl (C=O) groups excluding carboxylic acids is 1. The number of carbonyl (C=O) groups is 1. The Bertz CT molecular complexity index is 759. The van der Waals surface area contributed by atoms with Gasteiger partial charge in [0.15, 0.2) is 5.82 Å². The first-order valence-electron chi connectivity index (χ1n) is 5.85. The van der Waals surface area contributed by atoms with Crippen molar-refractivity contribution in [2.75, 3.05) is 15.8 Å². The van der Waals surface area contributed by atoms with Gasteiger partial charge >= 0.3 is 0 Å². The van der Waals surface area contributed by atoms with E-state index in [0.29, 0.717) is 5.69 Å². The van der Waals surface area contributed by atoms with Crippen LogP contribution < -0.4 is 15.8 Å². The number of nitrogens with zero attached hydrogens (tertiary/aromatic N) is 2. The second kappa shape index (κ2) is 5.75. The molecule has 0 atom stereocenters. The van der Waals surface area contributed by atoms with Gasteiger partial charge in [-0.1, -0.05) is 0 Å².